The summed E-state index contributed by atoms with van der Waals surface area (Å²) in [5.74, 6) is 0.249. The number of benzene rings is 1. The van der Waals surface area contributed by atoms with Gasteiger partial charge in [-0.2, -0.15) is 4.31 Å². The van der Waals surface area contributed by atoms with Gasteiger partial charge in [0.25, 0.3) is 5.91 Å². The van der Waals surface area contributed by atoms with Gasteiger partial charge >= 0.3 is 6.16 Å². The number of rotatable bonds is 4. The fourth-order valence-corrected chi connectivity index (χ4v) is 6.31. The fourth-order valence-electron chi connectivity index (χ4n) is 4.57. The minimum absolute atomic E-state index is 0.109. The number of halogens is 1. The van der Waals surface area contributed by atoms with Crippen LogP contribution in [0.5, 0.6) is 0 Å². The van der Waals surface area contributed by atoms with Gasteiger partial charge in [0.15, 0.2) is 0 Å². The number of amides is 1. The summed E-state index contributed by atoms with van der Waals surface area (Å²) < 4.78 is 32.6. The SMILES string of the molecule is CC(C)(C)OC(=O)ON1CCCC(C2=NC3(CCN(S(=O)(=O)c4cccc(Cl)c4)CC3)C(=O)N2)C1. The molecule has 1 aromatic rings. The maximum atomic E-state index is 13.0. The quantitative estimate of drug-likeness (QED) is 0.599. The Morgan fingerprint density at radius 3 is 2.60 bits per heavy atom. The average molecular weight is 527 g/mol. The Labute approximate surface area is 210 Å². The molecule has 1 amide bonds. The van der Waals surface area contributed by atoms with Crippen LogP contribution < -0.4 is 5.32 Å². The van der Waals surface area contributed by atoms with Gasteiger partial charge in [-0.25, -0.2) is 13.2 Å². The van der Waals surface area contributed by atoms with E-state index in [-0.39, 0.29) is 42.7 Å². The van der Waals surface area contributed by atoms with Crippen LogP contribution in [0.1, 0.15) is 46.5 Å². The summed E-state index contributed by atoms with van der Waals surface area (Å²) in [5, 5.41) is 4.81. The van der Waals surface area contributed by atoms with Crippen LogP contribution in [0.25, 0.3) is 0 Å². The monoisotopic (exact) mass is 526 g/mol. The number of hydrogen-bond donors (Lipinski definition) is 1. The van der Waals surface area contributed by atoms with Crippen molar-refractivity contribution in [1.82, 2.24) is 14.7 Å². The first-order valence-corrected chi connectivity index (χ1v) is 13.5. The number of ether oxygens (including phenoxy) is 1. The zero-order valence-corrected chi connectivity index (χ0v) is 21.7. The molecular weight excluding hydrogens is 496 g/mol. The van der Waals surface area contributed by atoms with Crippen molar-refractivity contribution in [3.63, 3.8) is 0 Å². The first-order valence-electron chi connectivity index (χ1n) is 11.7. The minimum Gasteiger partial charge on any atom is -0.427 e. The van der Waals surface area contributed by atoms with Crippen molar-refractivity contribution >= 4 is 39.5 Å². The Morgan fingerprint density at radius 2 is 1.94 bits per heavy atom. The number of nitrogens with one attached hydrogen (secondary N) is 1. The molecular formula is C23H31ClN4O6S. The van der Waals surface area contributed by atoms with Crippen LogP contribution in [0, 0.1) is 5.92 Å². The van der Waals surface area contributed by atoms with E-state index >= 15 is 0 Å². The molecule has 1 unspecified atom stereocenters. The van der Waals surface area contributed by atoms with Crippen molar-refractivity contribution < 1.29 is 27.6 Å². The molecule has 12 heteroatoms. The average Bonchev–Trinajstić information content (AvgIpc) is 3.08. The van der Waals surface area contributed by atoms with Gasteiger partial charge in [-0.1, -0.05) is 17.7 Å². The van der Waals surface area contributed by atoms with E-state index in [0.717, 1.165) is 12.8 Å². The molecule has 1 N–H and O–H groups in total. The number of amidine groups is 1. The summed E-state index contributed by atoms with van der Waals surface area (Å²) in [4.78, 5) is 35.2. The van der Waals surface area contributed by atoms with Gasteiger partial charge in [-0.3, -0.25) is 9.79 Å². The lowest BCUT2D eigenvalue weighted by molar-refractivity contribution is -0.154. The summed E-state index contributed by atoms with van der Waals surface area (Å²) in [7, 11) is -3.71. The molecule has 3 aliphatic heterocycles. The van der Waals surface area contributed by atoms with Gasteiger partial charge < -0.3 is 14.9 Å². The van der Waals surface area contributed by atoms with Crippen LogP contribution >= 0.6 is 11.6 Å². The van der Waals surface area contributed by atoms with Crippen LogP contribution in [0.4, 0.5) is 4.79 Å². The van der Waals surface area contributed by atoms with E-state index in [2.05, 4.69) is 5.32 Å². The summed E-state index contributed by atoms with van der Waals surface area (Å²) in [5.41, 5.74) is -1.64. The second kappa shape index (κ2) is 9.68. The first-order chi connectivity index (χ1) is 16.4. The third kappa shape index (κ3) is 5.79. The van der Waals surface area contributed by atoms with Crippen LogP contribution in [0.3, 0.4) is 0 Å². The fraction of sp³-hybridized carbons (Fsp3) is 0.609. The topological polar surface area (TPSA) is 118 Å². The lowest BCUT2D eigenvalue weighted by Crippen LogP contribution is -2.50. The molecule has 192 valence electrons. The molecule has 0 radical (unpaired) electrons. The minimum atomic E-state index is -3.71. The van der Waals surface area contributed by atoms with Crippen LogP contribution in [-0.4, -0.2) is 73.0 Å². The number of aliphatic imine (C=N–C) groups is 1. The molecule has 4 rings (SSSR count). The number of carbonyl (C=O) groups excluding carboxylic acids is 2. The van der Waals surface area contributed by atoms with E-state index in [9.17, 15) is 18.0 Å². The number of hydroxylamine groups is 2. The summed E-state index contributed by atoms with van der Waals surface area (Å²) in [6.07, 6.45) is 1.36. The highest BCUT2D eigenvalue weighted by atomic mass is 35.5. The molecule has 35 heavy (non-hydrogen) atoms. The molecule has 0 aliphatic carbocycles. The Hall–Kier alpha value is -2.21. The van der Waals surface area contributed by atoms with E-state index in [1.54, 1.807) is 38.0 Å². The highest BCUT2D eigenvalue weighted by molar-refractivity contribution is 7.89. The smallest absolute Gasteiger partial charge is 0.427 e. The number of carbonyl (C=O) groups is 2. The summed E-state index contributed by atoms with van der Waals surface area (Å²) >= 11 is 5.97. The maximum Gasteiger partial charge on any atom is 0.528 e. The van der Waals surface area contributed by atoms with E-state index < -0.39 is 27.3 Å². The van der Waals surface area contributed by atoms with Crippen molar-refractivity contribution in [1.29, 1.82) is 0 Å². The number of hydrogen-bond acceptors (Lipinski definition) is 8. The second-order valence-corrected chi connectivity index (χ2v) is 12.5. The van der Waals surface area contributed by atoms with Crippen molar-refractivity contribution in [2.75, 3.05) is 26.2 Å². The largest absolute Gasteiger partial charge is 0.528 e. The van der Waals surface area contributed by atoms with E-state index in [0.29, 0.717) is 23.9 Å². The lowest BCUT2D eigenvalue weighted by atomic mass is 9.89. The normalized spacial score (nSPS) is 23.6. The van der Waals surface area contributed by atoms with Gasteiger partial charge in [0.1, 0.15) is 17.0 Å². The Bertz CT molecular complexity index is 1130. The predicted molar refractivity (Wildman–Crippen MR) is 129 cm³/mol. The van der Waals surface area contributed by atoms with Crippen LogP contribution in [-0.2, 0) is 24.4 Å². The van der Waals surface area contributed by atoms with Crippen molar-refractivity contribution in [2.24, 2.45) is 10.9 Å². The van der Waals surface area contributed by atoms with Gasteiger partial charge in [-0.05, 0) is 64.7 Å². The van der Waals surface area contributed by atoms with Gasteiger partial charge in [-0.15, -0.1) is 5.06 Å². The molecule has 1 atom stereocenters. The summed E-state index contributed by atoms with van der Waals surface area (Å²) in [6.45, 7) is 6.61. The molecule has 0 aromatic heterocycles. The lowest BCUT2D eigenvalue weighted by Gasteiger charge is -2.34. The number of nitrogens with zero attached hydrogens (tertiary/aromatic N) is 3. The standard InChI is InChI=1S/C23H31ClN4O6S/c1-22(2,3)33-21(30)34-27-11-5-6-16(15-27)19-25-20(29)23(26-19)9-12-28(13-10-23)35(31,32)18-8-4-7-17(24)14-18/h4,7-8,14,16H,5-6,9-13,15H2,1-3H3,(H,25,26,29). The molecule has 2 fully saturated rings. The predicted octanol–water partition coefficient (Wildman–Crippen LogP) is 2.97. The van der Waals surface area contributed by atoms with Crippen molar-refractivity contribution in [3.8, 4) is 0 Å². The maximum absolute atomic E-state index is 13.0. The van der Waals surface area contributed by atoms with Gasteiger partial charge in [0.2, 0.25) is 10.0 Å². The number of piperidine rings is 2. The van der Waals surface area contributed by atoms with Crippen molar-refractivity contribution in [3.05, 3.63) is 29.3 Å². The molecule has 3 aliphatic rings. The van der Waals surface area contributed by atoms with E-state index in [1.165, 1.54) is 16.4 Å². The third-order valence-corrected chi connectivity index (χ3v) is 8.48. The number of sulfonamides is 1. The third-order valence-electron chi connectivity index (χ3n) is 6.35. The first kappa shape index (κ1) is 25.9. The zero-order valence-electron chi connectivity index (χ0n) is 20.1. The highest BCUT2D eigenvalue weighted by Crippen LogP contribution is 2.34. The molecule has 1 aromatic carbocycles. The molecule has 10 nitrogen and oxygen atoms in total. The van der Waals surface area contributed by atoms with E-state index in [4.69, 9.17) is 26.2 Å². The highest BCUT2D eigenvalue weighted by Gasteiger charge is 2.49. The second-order valence-electron chi connectivity index (χ2n) is 10.1. The van der Waals surface area contributed by atoms with E-state index in [1.807, 2.05) is 0 Å². The summed E-state index contributed by atoms with van der Waals surface area (Å²) in [6, 6.07) is 6.16. The van der Waals surface area contributed by atoms with Gasteiger partial charge in [0, 0.05) is 37.1 Å². The molecule has 2 saturated heterocycles. The Balaban J connectivity index is 1.40. The Morgan fingerprint density at radius 1 is 1.23 bits per heavy atom. The molecule has 0 saturated carbocycles. The van der Waals surface area contributed by atoms with Gasteiger partial charge in [0.05, 0.1) is 4.90 Å². The zero-order chi connectivity index (χ0) is 25.4. The molecule has 0 bridgehead atoms. The van der Waals surface area contributed by atoms with Crippen molar-refractivity contribution in [2.45, 2.75) is 62.5 Å². The van der Waals surface area contributed by atoms with Crippen LogP contribution in [0.2, 0.25) is 5.02 Å². The molecule has 3 heterocycles. The van der Waals surface area contributed by atoms with Crippen LogP contribution in [0.15, 0.2) is 34.2 Å². The Kier molecular flexibility index (Phi) is 7.16. The molecule has 1 spiro atoms.